The molecule has 2 aliphatic carbocycles. The molecule has 4 fully saturated rings. The molecule has 2 aliphatic heterocycles. The summed E-state index contributed by atoms with van der Waals surface area (Å²) in [7, 11) is 0. The molecule has 248 valence electrons. The normalized spacial score (nSPS) is 24.4. The van der Waals surface area contributed by atoms with E-state index in [0.717, 1.165) is 93.6 Å². The van der Waals surface area contributed by atoms with E-state index in [-0.39, 0.29) is 29.9 Å². The molecule has 0 bridgehead atoms. The molecule has 1 unspecified atom stereocenters. The zero-order valence-electron chi connectivity index (χ0n) is 27.6. The fourth-order valence-corrected chi connectivity index (χ4v) is 8.60. The summed E-state index contributed by atoms with van der Waals surface area (Å²) < 4.78 is 4.42. The van der Waals surface area contributed by atoms with Crippen LogP contribution in [-0.4, -0.2) is 79.2 Å². The van der Waals surface area contributed by atoms with Gasteiger partial charge in [0.05, 0.1) is 28.4 Å². The highest BCUT2D eigenvalue weighted by Gasteiger charge is 2.33. The first-order valence-corrected chi connectivity index (χ1v) is 18.0. The van der Waals surface area contributed by atoms with Gasteiger partial charge in [-0.25, -0.2) is 4.52 Å². The highest BCUT2D eigenvalue weighted by molar-refractivity contribution is 5.95. The number of pyridine rings is 1. The number of nitrogens with two attached hydrogens (primary N) is 1. The number of amides is 2. The third-order valence-corrected chi connectivity index (χ3v) is 11.4. The molecule has 4 aromatic rings. The maximum Gasteiger partial charge on any atom is 0.255 e. The van der Waals surface area contributed by atoms with Gasteiger partial charge in [0.15, 0.2) is 0 Å². The number of hydrogen-bond acceptors (Lipinski definition) is 5. The monoisotopic (exact) mass is 636 g/mol. The molecule has 5 heterocycles. The number of nitrogens with zero attached hydrogens (tertiary/aromatic N) is 5. The first-order chi connectivity index (χ1) is 22.8. The summed E-state index contributed by atoms with van der Waals surface area (Å²) >= 11 is 0. The van der Waals surface area contributed by atoms with Crippen LogP contribution in [0.25, 0.3) is 27.8 Å². The van der Waals surface area contributed by atoms with Crippen molar-refractivity contribution in [1.82, 2.24) is 24.0 Å². The predicted molar refractivity (Wildman–Crippen MR) is 183 cm³/mol. The number of aliphatic hydroxyl groups is 1. The number of hydrogen-bond donors (Lipinski definition) is 2. The molecule has 3 aromatic heterocycles. The van der Waals surface area contributed by atoms with Crippen LogP contribution in [0.15, 0.2) is 42.6 Å². The molecule has 1 aromatic carbocycles. The van der Waals surface area contributed by atoms with Gasteiger partial charge in [-0.3, -0.25) is 9.59 Å². The molecular formula is C38H48N6O3. The summed E-state index contributed by atoms with van der Waals surface area (Å²) in [6.45, 7) is 6.02. The Bertz CT molecular complexity index is 1810. The van der Waals surface area contributed by atoms with Crippen LogP contribution in [0.3, 0.4) is 0 Å². The van der Waals surface area contributed by atoms with Crippen molar-refractivity contribution in [2.45, 2.75) is 95.7 Å². The van der Waals surface area contributed by atoms with Crippen LogP contribution in [0, 0.1) is 18.8 Å². The molecule has 9 nitrogen and oxygen atoms in total. The molecule has 0 spiro atoms. The second-order valence-electron chi connectivity index (χ2n) is 14.9. The predicted octanol–water partition coefficient (Wildman–Crippen LogP) is 5.49. The minimum Gasteiger partial charge on any atom is -0.393 e. The standard InChI is InChI=1S/C38H48N6O3/c1-24-33-13-12-29(38(47)42-16-4-7-30(39)23-42)22-44(33)40-35(24)34-20-27-5-3-9-32(36(27)43(34)21-25-10-11-25)26-14-17-41(18-15-26)37(46)28-6-2-8-31(45)19-28/h3,5,9,12-13,20,22,25-26,28,30-31,45H,2,4,6-8,10-11,14-19,21,23,39H2,1H3/t28-,30?,31+/m1/s1. The SMILES string of the molecule is Cc1c(-c2cc3cccc(C4CCN(C(=O)[C@@H]5CCC[C@H](O)C5)CC4)c3n2CC2CC2)nn2cc(C(=O)N3CCCC(N)C3)ccc12. The summed E-state index contributed by atoms with van der Waals surface area (Å²) in [6.07, 6.45) is 11.2. The lowest BCUT2D eigenvalue weighted by atomic mass is 9.84. The van der Waals surface area contributed by atoms with Crippen LogP contribution in [0.4, 0.5) is 0 Å². The van der Waals surface area contributed by atoms with E-state index >= 15 is 0 Å². The van der Waals surface area contributed by atoms with Crippen molar-refractivity contribution in [2.75, 3.05) is 26.2 Å². The smallest absolute Gasteiger partial charge is 0.255 e. The van der Waals surface area contributed by atoms with Crippen molar-refractivity contribution in [2.24, 2.45) is 17.6 Å². The van der Waals surface area contributed by atoms with E-state index in [4.69, 9.17) is 10.8 Å². The second-order valence-corrected chi connectivity index (χ2v) is 14.9. The molecule has 2 amide bonds. The van der Waals surface area contributed by atoms with Crippen LogP contribution in [0.1, 0.15) is 91.6 Å². The minimum atomic E-state index is -0.332. The van der Waals surface area contributed by atoms with Crippen LogP contribution >= 0.6 is 0 Å². The number of aromatic nitrogens is 3. The molecule has 8 rings (SSSR count). The zero-order chi connectivity index (χ0) is 32.2. The van der Waals surface area contributed by atoms with Gasteiger partial charge in [-0.2, -0.15) is 5.10 Å². The quantitative estimate of drug-likeness (QED) is 0.291. The Labute approximate surface area is 276 Å². The molecule has 9 heteroatoms. The fraction of sp³-hybridized carbons (Fsp3) is 0.553. The first-order valence-electron chi connectivity index (χ1n) is 18.0. The maximum atomic E-state index is 13.4. The first kappa shape index (κ1) is 30.6. The van der Waals surface area contributed by atoms with E-state index in [1.807, 2.05) is 27.7 Å². The number of aliphatic hydroxyl groups excluding tert-OH is 1. The van der Waals surface area contributed by atoms with Gasteiger partial charge in [0.2, 0.25) is 5.91 Å². The van der Waals surface area contributed by atoms with Crippen molar-refractivity contribution >= 4 is 28.2 Å². The summed E-state index contributed by atoms with van der Waals surface area (Å²) in [4.78, 5) is 30.7. The number of carbonyl (C=O) groups excluding carboxylic acids is 2. The molecule has 0 radical (unpaired) electrons. The molecule has 47 heavy (non-hydrogen) atoms. The Morgan fingerprint density at radius 3 is 2.55 bits per heavy atom. The van der Waals surface area contributed by atoms with Gasteiger partial charge in [0.1, 0.15) is 5.69 Å². The summed E-state index contributed by atoms with van der Waals surface area (Å²) in [5, 5.41) is 16.5. The lowest BCUT2D eigenvalue weighted by molar-refractivity contribution is -0.139. The third kappa shape index (κ3) is 5.86. The maximum absolute atomic E-state index is 13.4. The van der Waals surface area contributed by atoms with Gasteiger partial charge in [-0.15, -0.1) is 0 Å². The Morgan fingerprint density at radius 2 is 1.79 bits per heavy atom. The highest BCUT2D eigenvalue weighted by atomic mass is 16.3. The summed E-state index contributed by atoms with van der Waals surface area (Å²) in [5.74, 6) is 1.31. The number of fused-ring (bicyclic) bond motifs is 2. The number of benzene rings is 1. The Kier molecular flexibility index (Phi) is 8.08. The van der Waals surface area contributed by atoms with Crippen molar-refractivity contribution in [1.29, 1.82) is 0 Å². The number of likely N-dealkylation sites (tertiary alicyclic amines) is 2. The van der Waals surface area contributed by atoms with Gasteiger partial charge in [0.25, 0.3) is 5.91 Å². The molecule has 4 aliphatic rings. The molecular weight excluding hydrogens is 588 g/mol. The lowest BCUT2D eigenvalue weighted by Gasteiger charge is -2.36. The number of aryl methyl sites for hydroxylation is 1. The Hall–Kier alpha value is -3.69. The minimum absolute atomic E-state index is 0.0216. The van der Waals surface area contributed by atoms with Gasteiger partial charge in [-0.1, -0.05) is 24.6 Å². The number of carbonyl (C=O) groups is 2. The largest absolute Gasteiger partial charge is 0.393 e. The average Bonchev–Trinajstić information content (AvgIpc) is 3.76. The van der Waals surface area contributed by atoms with E-state index in [1.54, 1.807) is 0 Å². The van der Waals surface area contributed by atoms with Gasteiger partial charge in [0, 0.05) is 61.8 Å². The van der Waals surface area contributed by atoms with Crippen LogP contribution in [0.5, 0.6) is 0 Å². The van der Waals surface area contributed by atoms with Crippen molar-refractivity contribution in [3.8, 4) is 11.4 Å². The lowest BCUT2D eigenvalue weighted by Crippen LogP contribution is -2.45. The number of rotatable bonds is 6. The van der Waals surface area contributed by atoms with E-state index in [2.05, 4.69) is 40.7 Å². The molecule has 3 N–H and O–H groups in total. The van der Waals surface area contributed by atoms with Crippen LogP contribution in [-0.2, 0) is 11.3 Å². The topological polar surface area (TPSA) is 109 Å². The van der Waals surface area contributed by atoms with E-state index in [9.17, 15) is 14.7 Å². The van der Waals surface area contributed by atoms with E-state index < -0.39 is 0 Å². The zero-order valence-corrected chi connectivity index (χ0v) is 27.6. The summed E-state index contributed by atoms with van der Waals surface area (Å²) in [6, 6.07) is 13.0. The summed E-state index contributed by atoms with van der Waals surface area (Å²) in [5.41, 5.74) is 13.7. The van der Waals surface area contributed by atoms with Gasteiger partial charge >= 0.3 is 0 Å². The van der Waals surface area contributed by atoms with Gasteiger partial charge < -0.3 is 25.2 Å². The highest BCUT2D eigenvalue weighted by Crippen LogP contribution is 2.41. The number of para-hydroxylation sites is 1. The molecule has 2 saturated carbocycles. The van der Waals surface area contributed by atoms with E-state index in [0.29, 0.717) is 30.4 Å². The molecule has 3 atom stereocenters. The Morgan fingerprint density at radius 1 is 0.957 bits per heavy atom. The Balaban J connectivity index is 1.10. The van der Waals surface area contributed by atoms with Crippen LogP contribution < -0.4 is 5.73 Å². The van der Waals surface area contributed by atoms with Crippen LogP contribution in [0.2, 0.25) is 0 Å². The third-order valence-electron chi connectivity index (χ3n) is 11.4. The van der Waals surface area contributed by atoms with Crippen molar-refractivity contribution < 1.29 is 14.7 Å². The fourth-order valence-electron chi connectivity index (χ4n) is 8.60. The van der Waals surface area contributed by atoms with E-state index in [1.165, 1.54) is 29.3 Å². The van der Waals surface area contributed by atoms with Crippen molar-refractivity contribution in [3.63, 3.8) is 0 Å². The number of piperidine rings is 2. The molecule has 2 saturated heterocycles. The van der Waals surface area contributed by atoms with Crippen molar-refractivity contribution in [3.05, 3.63) is 59.3 Å². The van der Waals surface area contributed by atoms with Gasteiger partial charge in [-0.05, 0) is 100 Å². The average molecular weight is 637 g/mol. The second kappa shape index (κ2) is 12.4.